The first kappa shape index (κ1) is 21.7. The Balaban J connectivity index is 2.12. The number of hydrogen-bond acceptors (Lipinski definition) is 4. The Labute approximate surface area is 163 Å². The van der Waals surface area contributed by atoms with Crippen LogP contribution in [0.4, 0.5) is 0 Å². The fraction of sp³-hybridized carbons (Fsp3) is 0.650. The van der Waals surface area contributed by atoms with Crippen LogP contribution in [0.1, 0.15) is 52.0 Å². The molecule has 0 saturated carbocycles. The van der Waals surface area contributed by atoms with Crippen LogP contribution in [0, 0.1) is 12.8 Å². The van der Waals surface area contributed by atoms with Gasteiger partial charge in [0.2, 0.25) is 15.9 Å². The van der Waals surface area contributed by atoms with Gasteiger partial charge in [-0.3, -0.25) is 4.79 Å². The third-order valence-corrected chi connectivity index (χ3v) is 6.81. The Hall–Kier alpha value is -1.60. The van der Waals surface area contributed by atoms with Crippen LogP contribution < -0.4 is 10.1 Å². The van der Waals surface area contributed by atoms with E-state index in [1.807, 2.05) is 20.8 Å². The molecule has 1 aromatic carbocycles. The molecule has 2 atom stereocenters. The van der Waals surface area contributed by atoms with Crippen molar-refractivity contribution in [1.82, 2.24) is 9.62 Å². The van der Waals surface area contributed by atoms with E-state index in [1.165, 1.54) is 4.31 Å². The maximum atomic E-state index is 13.1. The third-order valence-electron chi connectivity index (χ3n) is 4.95. The average molecular weight is 397 g/mol. The number of aryl methyl sites for hydroxylation is 1. The molecule has 2 rings (SSSR count). The second-order valence-corrected chi connectivity index (χ2v) is 9.20. The number of sulfonamides is 1. The molecule has 27 heavy (non-hydrogen) atoms. The van der Waals surface area contributed by atoms with Crippen molar-refractivity contribution in [2.24, 2.45) is 5.92 Å². The minimum atomic E-state index is -3.62. The third kappa shape index (κ3) is 5.45. The van der Waals surface area contributed by atoms with E-state index in [0.717, 1.165) is 24.8 Å². The number of benzene rings is 1. The highest BCUT2D eigenvalue weighted by Crippen LogP contribution is 2.27. The number of nitrogens with one attached hydrogen (secondary N) is 1. The van der Waals surface area contributed by atoms with Crippen LogP contribution in [-0.4, -0.2) is 44.4 Å². The van der Waals surface area contributed by atoms with Gasteiger partial charge in [0.1, 0.15) is 5.75 Å². The van der Waals surface area contributed by atoms with Crippen molar-refractivity contribution >= 4 is 15.9 Å². The first-order valence-electron chi connectivity index (χ1n) is 9.83. The highest BCUT2D eigenvalue weighted by molar-refractivity contribution is 7.89. The number of hydrogen-bond donors (Lipinski definition) is 1. The van der Waals surface area contributed by atoms with Crippen molar-refractivity contribution in [3.63, 3.8) is 0 Å². The van der Waals surface area contributed by atoms with Crippen LogP contribution in [0.2, 0.25) is 0 Å². The Morgan fingerprint density at radius 3 is 2.74 bits per heavy atom. The van der Waals surface area contributed by atoms with E-state index >= 15 is 0 Å². The molecule has 0 radical (unpaired) electrons. The molecule has 1 heterocycles. The lowest BCUT2D eigenvalue weighted by molar-refractivity contribution is -0.126. The van der Waals surface area contributed by atoms with Crippen LogP contribution in [0.5, 0.6) is 5.75 Å². The van der Waals surface area contributed by atoms with Crippen molar-refractivity contribution in [3.05, 3.63) is 23.8 Å². The molecule has 7 heteroatoms. The smallest absolute Gasteiger partial charge is 0.243 e. The molecule has 0 bridgehead atoms. The van der Waals surface area contributed by atoms with Gasteiger partial charge in [-0.05, 0) is 63.8 Å². The van der Waals surface area contributed by atoms with Gasteiger partial charge in [0.25, 0.3) is 0 Å². The summed E-state index contributed by atoms with van der Waals surface area (Å²) in [6.07, 6.45) is 3.34. The number of piperidine rings is 1. The molecule has 1 fully saturated rings. The fourth-order valence-electron chi connectivity index (χ4n) is 3.49. The summed E-state index contributed by atoms with van der Waals surface area (Å²) in [5, 5.41) is 3.02. The van der Waals surface area contributed by atoms with Crippen LogP contribution in [0.25, 0.3) is 0 Å². The second-order valence-electron chi connectivity index (χ2n) is 7.26. The quantitative estimate of drug-likeness (QED) is 0.733. The number of carbonyl (C=O) groups excluding carboxylic acids is 1. The largest absolute Gasteiger partial charge is 0.494 e. The van der Waals surface area contributed by atoms with Crippen molar-refractivity contribution < 1.29 is 17.9 Å². The van der Waals surface area contributed by atoms with E-state index in [9.17, 15) is 13.2 Å². The zero-order valence-electron chi connectivity index (χ0n) is 16.8. The Morgan fingerprint density at radius 1 is 1.37 bits per heavy atom. The number of amides is 1. The molecule has 1 N–H and O–H groups in total. The zero-order chi connectivity index (χ0) is 20.0. The van der Waals surface area contributed by atoms with Gasteiger partial charge in [0.05, 0.1) is 17.4 Å². The number of rotatable bonds is 8. The van der Waals surface area contributed by atoms with Crippen LogP contribution in [-0.2, 0) is 14.8 Å². The van der Waals surface area contributed by atoms with Gasteiger partial charge >= 0.3 is 0 Å². The van der Waals surface area contributed by atoms with Gasteiger partial charge in [-0.1, -0.05) is 13.3 Å². The highest BCUT2D eigenvalue weighted by Gasteiger charge is 2.33. The Morgan fingerprint density at radius 2 is 2.11 bits per heavy atom. The molecule has 0 aromatic heterocycles. The molecular formula is C20H32N2O4S. The SMILES string of the molecule is CCC[C@@H](C)NC(=O)[C@@H]1CCCN(S(=O)(=O)c2ccc(OCC)c(C)c2)C1. The molecule has 0 unspecified atom stereocenters. The molecule has 1 aromatic rings. The minimum absolute atomic E-state index is 0.0428. The van der Waals surface area contributed by atoms with Gasteiger partial charge in [0, 0.05) is 19.1 Å². The van der Waals surface area contributed by atoms with Crippen LogP contribution >= 0.6 is 0 Å². The summed E-state index contributed by atoms with van der Waals surface area (Å²) in [5.41, 5.74) is 0.789. The van der Waals surface area contributed by atoms with E-state index in [-0.39, 0.29) is 29.3 Å². The number of nitrogens with zero attached hydrogens (tertiary/aromatic N) is 1. The predicted molar refractivity (Wildman–Crippen MR) is 106 cm³/mol. The average Bonchev–Trinajstić information content (AvgIpc) is 2.63. The monoisotopic (exact) mass is 396 g/mol. The Bertz CT molecular complexity index is 748. The maximum absolute atomic E-state index is 13.1. The van der Waals surface area contributed by atoms with Gasteiger partial charge in [-0.15, -0.1) is 0 Å². The van der Waals surface area contributed by atoms with Crippen molar-refractivity contribution in [1.29, 1.82) is 0 Å². The highest BCUT2D eigenvalue weighted by atomic mass is 32.2. The number of carbonyl (C=O) groups is 1. The second kappa shape index (κ2) is 9.55. The van der Waals surface area contributed by atoms with Crippen molar-refractivity contribution in [2.75, 3.05) is 19.7 Å². The molecule has 152 valence electrons. The van der Waals surface area contributed by atoms with Gasteiger partial charge in [-0.2, -0.15) is 4.31 Å². The van der Waals surface area contributed by atoms with Crippen LogP contribution in [0.15, 0.2) is 23.1 Å². The molecule has 1 saturated heterocycles. The predicted octanol–water partition coefficient (Wildman–Crippen LogP) is 3.10. The summed E-state index contributed by atoms with van der Waals surface area (Å²) in [4.78, 5) is 12.8. The topological polar surface area (TPSA) is 75.7 Å². The van der Waals surface area contributed by atoms with E-state index in [0.29, 0.717) is 25.3 Å². The molecule has 0 aliphatic carbocycles. The van der Waals surface area contributed by atoms with E-state index in [4.69, 9.17) is 4.74 Å². The first-order chi connectivity index (χ1) is 12.8. The lowest BCUT2D eigenvalue weighted by Gasteiger charge is -2.32. The van der Waals surface area contributed by atoms with E-state index in [1.54, 1.807) is 18.2 Å². The zero-order valence-corrected chi connectivity index (χ0v) is 17.6. The van der Waals surface area contributed by atoms with Crippen molar-refractivity contribution in [3.8, 4) is 5.75 Å². The molecule has 1 aliphatic heterocycles. The minimum Gasteiger partial charge on any atom is -0.494 e. The van der Waals surface area contributed by atoms with Gasteiger partial charge < -0.3 is 10.1 Å². The summed E-state index contributed by atoms with van der Waals surface area (Å²) >= 11 is 0. The van der Waals surface area contributed by atoms with E-state index < -0.39 is 10.0 Å². The lowest BCUT2D eigenvalue weighted by atomic mass is 9.98. The summed E-state index contributed by atoms with van der Waals surface area (Å²) < 4.78 is 33.0. The summed E-state index contributed by atoms with van der Waals surface area (Å²) in [5.74, 6) is 0.354. The molecular weight excluding hydrogens is 364 g/mol. The lowest BCUT2D eigenvalue weighted by Crippen LogP contribution is -2.47. The Kier molecular flexibility index (Phi) is 7.68. The summed E-state index contributed by atoms with van der Waals surface area (Å²) in [7, 11) is -3.62. The fourth-order valence-corrected chi connectivity index (χ4v) is 5.10. The first-order valence-corrected chi connectivity index (χ1v) is 11.3. The number of ether oxygens (including phenoxy) is 1. The van der Waals surface area contributed by atoms with Gasteiger partial charge in [0.15, 0.2) is 0 Å². The normalized spacial score (nSPS) is 19.5. The molecule has 0 spiro atoms. The van der Waals surface area contributed by atoms with Crippen molar-refractivity contribution in [2.45, 2.75) is 64.3 Å². The summed E-state index contributed by atoms with van der Waals surface area (Å²) in [6.45, 7) is 9.02. The maximum Gasteiger partial charge on any atom is 0.243 e. The van der Waals surface area contributed by atoms with Crippen LogP contribution in [0.3, 0.4) is 0 Å². The summed E-state index contributed by atoms with van der Waals surface area (Å²) in [6, 6.07) is 5.04. The van der Waals surface area contributed by atoms with E-state index in [2.05, 4.69) is 12.2 Å². The van der Waals surface area contributed by atoms with Gasteiger partial charge in [-0.25, -0.2) is 8.42 Å². The molecule has 1 amide bonds. The molecule has 1 aliphatic rings. The molecule has 6 nitrogen and oxygen atoms in total. The standard InChI is InChI=1S/C20H32N2O4S/c1-5-8-16(4)21-20(23)17-9-7-12-22(14-17)27(24,25)18-10-11-19(26-6-2)15(3)13-18/h10-11,13,16-17H,5-9,12,14H2,1-4H3,(H,21,23)/t16-,17-/m1/s1.